The number of amides is 4. The third kappa shape index (κ3) is 9.80. The van der Waals surface area contributed by atoms with Gasteiger partial charge in [-0.1, -0.05) is 64.1 Å². The van der Waals surface area contributed by atoms with E-state index in [9.17, 15) is 27.6 Å². The van der Waals surface area contributed by atoms with Crippen LogP contribution in [0.5, 0.6) is 11.5 Å². The molecule has 3 aromatic rings. The number of hydrogen-bond donors (Lipinski definition) is 3. The zero-order chi connectivity index (χ0) is 44.5. The lowest BCUT2D eigenvalue weighted by Crippen LogP contribution is -2.60. The van der Waals surface area contributed by atoms with E-state index in [1.54, 1.807) is 60.8 Å². The van der Waals surface area contributed by atoms with Crippen LogP contribution in [0.4, 0.5) is 4.79 Å². The van der Waals surface area contributed by atoms with E-state index in [1.807, 2.05) is 49.4 Å². The molecule has 1 aliphatic heterocycles. The number of methoxy groups -OCH3 is 1. The highest BCUT2D eigenvalue weighted by Gasteiger charge is 2.63. The summed E-state index contributed by atoms with van der Waals surface area (Å²) in [6.07, 6.45) is 1.42. The van der Waals surface area contributed by atoms with Crippen LogP contribution in [0.3, 0.4) is 0 Å². The van der Waals surface area contributed by atoms with E-state index in [-0.39, 0.29) is 25.8 Å². The summed E-state index contributed by atoms with van der Waals surface area (Å²) < 4.78 is 46.1. The molecule has 1 aromatic heterocycles. The van der Waals surface area contributed by atoms with Crippen molar-refractivity contribution in [2.75, 3.05) is 13.7 Å². The fraction of sp³-hybridized carbons (Fsp3) is 0.500. The van der Waals surface area contributed by atoms with E-state index in [1.165, 1.54) is 11.0 Å². The Hall–Kier alpha value is -5.62. The van der Waals surface area contributed by atoms with Crippen LogP contribution in [0.1, 0.15) is 87.0 Å². The Kier molecular flexibility index (Phi) is 12.5. The monoisotopic (exact) mass is 855 g/mol. The molecule has 61 heavy (non-hydrogen) atoms. The lowest BCUT2D eigenvalue weighted by atomic mass is 9.85. The number of sulfonamides is 1. The van der Waals surface area contributed by atoms with Crippen molar-refractivity contribution in [3.05, 3.63) is 67.3 Å². The maximum atomic E-state index is 14.8. The van der Waals surface area contributed by atoms with Gasteiger partial charge in [0.25, 0.3) is 5.91 Å². The van der Waals surface area contributed by atoms with Crippen molar-refractivity contribution in [2.24, 2.45) is 11.3 Å². The van der Waals surface area contributed by atoms with Gasteiger partial charge in [0, 0.05) is 48.3 Å². The van der Waals surface area contributed by atoms with Gasteiger partial charge in [-0.2, -0.15) is 0 Å². The zero-order valence-electron chi connectivity index (χ0n) is 36.2. The average Bonchev–Trinajstić information content (AvgIpc) is 4.10. The molecule has 6 rings (SSSR count). The number of carbonyl (C=O) groups excluding carboxylic acids is 4. The van der Waals surface area contributed by atoms with Gasteiger partial charge in [0.2, 0.25) is 21.8 Å². The van der Waals surface area contributed by atoms with E-state index in [2.05, 4.69) is 33.8 Å². The molecular weight excluding hydrogens is 799 g/mol. The quantitative estimate of drug-likeness (QED) is 0.135. The smallest absolute Gasteiger partial charge is 0.408 e. The molecule has 5 atom stereocenters. The third-order valence-corrected chi connectivity index (χ3v) is 13.5. The van der Waals surface area contributed by atoms with Gasteiger partial charge in [-0.3, -0.25) is 19.1 Å². The first-order chi connectivity index (χ1) is 28.7. The van der Waals surface area contributed by atoms with E-state index in [0.717, 1.165) is 5.56 Å². The van der Waals surface area contributed by atoms with Crippen molar-refractivity contribution >= 4 is 44.7 Å². The summed E-state index contributed by atoms with van der Waals surface area (Å²) in [6.45, 7) is 16.1. The highest BCUT2D eigenvalue weighted by molar-refractivity contribution is 7.91. The summed E-state index contributed by atoms with van der Waals surface area (Å²) in [7, 11) is -2.60. The minimum Gasteiger partial charge on any atom is -0.497 e. The molecule has 3 aliphatic rings. The van der Waals surface area contributed by atoms with Crippen molar-refractivity contribution < 1.29 is 41.8 Å². The van der Waals surface area contributed by atoms with E-state index < -0.39 is 79.2 Å². The number of carbonyl (C=O) groups is 4. The molecule has 2 heterocycles. The Morgan fingerprint density at radius 1 is 1.03 bits per heavy atom. The number of aromatic nitrogens is 1. The molecule has 2 aromatic carbocycles. The molecule has 4 amide bonds. The summed E-state index contributed by atoms with van der Waals surface area (Å²) in [6, 6.07) is 14.4. The minimum absolute atomic E-state index is 0.00449. The SMILES string of the molecule is C=C[C@@H]1C[C@]1(NC(=O)[C@@H]1C[C@@H](Oc2cc(-c3ccccc3)nc3cc(OC)ccc23)CN1C(=O)[C@@H](NC(=O)OC(C)(C)C)C(C)(C)C)C(=O)NS(=O)(=O)C1(CC#CCC)CC1. The van der Waals surface area contributed by atoms with Gasteiger partial charge in [-0.05, 0) is 57.6 Å². The summed E-state index contributed by atoms with van der Waals surface area (Å²) in [5, 5.41) is 6.25. The van der Waals surface area contributed by atoms with E-state index in [0.29, 0.717) is 47.4 Å². The second-order valence-corrected chi connectivity index (χ2v) is 20.3. The molecule has 2 saturated carbocycles. The molecule has 0 spiro atoms. The fourth-order valence-electron chi connectivity index (χ4n) is 7.64. The van der Waals surface area contributed by atoms with Gasteiger partial charge < -0.3 is 29.7 Å². The number of pyridine rings is 1. The molecule has 14 nitrogen and oxygen atoms in total. The van der Waals surface area contributed by atoms with Gasteiger partial charge >= 0.3 is 6.09 Å². The van der Waals surface area contributed by atoms with Crippen LogP contribution in [-0.4, -0.2) is 89.8 Å². The van der Waals surface area contributed by atoms with Crippen LogP contribution in [0.2, 0.25) is 0 Å². The number of rotatable bonds is 13. The maximum Gasteiger partial charge on any atom is 0.408 e. The highest BCUT2D eigenvalue weighted by Crippen LogP contribution is 2.48. The topological polar surface area (TPSA) is 182 Å². The first kappa shape index (κ1) is 44.9. The normalized spacial score (nSPS) is 22.2. The van der Waals surface area contributed by atoms with E-state index in [4.69, 9.17) is 19.2 Å². The van der Waals surface area contributed by atoms with Crippen LogP contribution >= 0.6 is 0 Å². The number of likely N-dealkylation sites (tertiary alicyclic amines) is 1. The number of ether oxygens (including phenoxy) is 3. The molecule has 3 N–H and O–H groups in total. The van der Waals surface area contributed by atoms with Crippen LogP contribution in [-0.2, 0) is 29.1 Å². The van der Waals surface area contributed by atoms with Crippen LogP contribution in [0.25, 0.3) is 22.2 Å². The molecule has 0 radical (unpaired) electrons. The second kappa shape index (κ2) is 17.0. The van der Waals surface area contributed by atoms with Crippen LogP contribution in [0, 0.1) is 23.2 Å². The number of nitrogens with one attached hydrogen (secondary N) is 3. The number of alkyl carbamates (subject to hydrolysis) is 1. The second-order valence-electron chi connectivity index (χ2n) is 18.2. The third-order valence-electron chi connectivity index (χ3n) is 11.3. The number of fused-ring (bicyclic) bond motifs is 1. The van der Waals surface area contributed by atoms with Crippen LogP contribution in [0.15, 0.2) is 67.3 Å². The van der Waals surface area contributed by atoms with Crippen molar-refractivity contribution in [3.8, 4) is 34.6 Å². The molecule has 1 saturated heterocycles. The lowest BCUT2D eigenvalue weighted by molar-refractivity contribution is -0.143. The summed E-state index contributed by atoms with van der Waals surface area (Å²) in [4.78, 5) is 62.8. The summed E-state index contributed by atoms with van der Waals surface area (Å²) in [5.74, 6) is 4.14. The molecule has 3 fully saturated rings. The predicted molar refractivity (Wildman–Crippen MR) is 232 cm³/mol. The molecule has 0 unspecified atom stereocenters. The van der Waals surface area contributed by atoms with Gasteiger partial charge in [-0.25, -0.2) is 18.2 Å². The van der Waals surface area contributed by atoms with E-state index >= 15 is 0 Å². The number of nitrogens with zero attached hydrogens (tertiary/aromatic N) is 2. The Balaban J connectivity index is 1.33. The molecular formula is C46H57N5O9S. The first-order valence-corrected chi connectivity index (χ1v) is 22.1. The zero-order valence-corrected chi connectivity index (χ0v) is 37.0. The van der Waals surface area contributed by atoms with Crippen molar-refractivity contribution in [2.45, 2.75) is 121 Å². The lowest BCUT2D eigenvalue weighted by Gasteiger charge is -2.36. The van der Waals surface area contributed by atoms with Crippen molar-refractivity contribution in [1.29, 1.82) is 0 Å². The summed E-state index contributed by atoms with van der Waals surface area (Å²) >= 11 is 0. The summed E-state index contributed by atoms with van der Waals surface area (Å²) in [5.41, 5.74) is -1.26. The Morgan fingerprint density at radius 3 is 2.33 bits per heavy atom. The fourth-order valence-corrected chi connectivity index (χ4v) is 9.18. The molecule has 0 bridgehead atoms. The highest BCUT2D eigenvalue weighted by atomic mass is 32.2. The van der Waals surface area contributed by atoms with Crippen LogP contribution < -0.4 is 24.8 Å². The first-order valence-electron chi connectivity index (χ1n) is 20.6. The Bertz CT molecular complexity index is 2370. The molecule has 2 aliphatic carbocycles. The van der Waals surface area contributed by atoms with Crippen molar-refractivity contribution in [1.82, 2.24) is 25.2 Å². The number of hydrogen-bond acceptors (Lipinski definition) is 10. The van der Waals surface area contributed by atoms with Gasteiger partial charge in [0.15, 0.2) is 0 Å². The predicted octanol–water partition coefficient (Wildman–Crippen LogP) is 6.04. The van der Waals surface area contributed by atoms with Crippen molar-refractivity contribution in [3.63, 3.8) is 0 Å². The number of benzene rings is 2. The van der Waals surface area contributed by atoms with Gasteiger partial charge in [0.05, 0.1) is 24.9 Å². The Morgan fingerprint density at radius 2 is 1.74 bits per heavy atom. The molecule has 326 valence electrons. The van der Waals surface area contributed by atoms with Gasteiger partial charge in [0.1, 0.15) is 45.6 Å². The molecule has 15 heteroatoms. The van der Waals surface area contributed by atoms with Gasteiger partial charge in [-0.15, -0.1) is 18.4 Å². The Labute approximate surface area is 358 Å². The average molecular weight is 856 g/mol. The maximum absolute atomic E-state index is 14.8. The minimum atomic E-state index is -4.16. The standard InChI is InChI=1S/C46H57N5O9S/c1-10-12-16-21-45(22-23-45)61(56,57)50-41(54)46(27-30(46)11-2)49-39(52)36-25-32(28-51(36)40(53)38(43(3,4)5)48-42(55)60-44(6,7)8)59-37-26-34(29-17-14-13-15-18-29)47-35-24-31(58-9)19-20-33(35)37/h11,13-15,17-20,24,26,30,32,36,38H,2,10,21-23,25,27-28H2,1,3-9H3,(H,48,55)(H,49,52)(H,50,54)/t30-,32-,36+,38-,46-/m1/s1. The largest absolute Gasteiger partial charge is 0.497 e.